The second-order valence-electron chi connectivity index (χ2n) is 6.13. The number of nitrogens with zero attached hydrogens (tertiary/aromatic N) is 1. The number of carbonyl (C=O) groups is 2. The number of oxazole rings is 1. The number of nitrogens with one attached hydrogen (secondary N) is 1. The van der Waals surface area contributed by atoms with Crippen molar-refractivity contribution in [3.05, 3.63) is 59.5 Å². The summed E-state index contributed by atoms with van der Waals surface area (Å²) in [6.45, 7) is 5.77. The number of aromatic nitrogens is 1. The number of fused-ring (bicyclic) bond motifs is 1. The van der Waals surface area contributed by atoms with Crippen molar-refractivity contribution >= 4 is 28.7 Å². The van der Waals surface area contributed by atoms with E-state index in [9.17, 15) is 9.59 Å². The fourth-order valence-electron chi connectivity index (χ4n) is 2.55. The highest BCUT2D eigenvalue weighted by Crippen LogP contribution is 2.18. The standard InChI is InChI=1S/C20H20N2O4/c1-4-17(19(23)22-15-7-5-12(2)13(3)9-15)26-20(24)14-6-8-18-16(10-14)21-11-25-18/h5-11,17H,4H2,1-3H3,(H,22,23). The predicted octanol–water partition coefficient (Wildman–Crippen LogP) is 4.02. The highest BCUT2D eigenvalue weighted by Gasteiger charge is 2.22. The fraction of sp³-hybridized carbons (Fsp3) is 0.250. The molecule has 1 heterocycles. The third-order valence-electron chi connectivity index (χ3n) is 4.25. The molecule has 134 valence electrons. The van der Waals surface area contributed by atoms with Crippen molar-refractivity contribution in [3.8, 4) is 0 Å². The second kappa shape index (κ2) is 7.39. The number of hydrogen-bond acceptors (Lipinski definition) is 5. The maximum absolute atomic E-state index is 12.5. The van der Waals surface area contributed by atoms with E-state index in [1.165, 1.54) is 6.39 Å². The first kappa shape index (κ1) is 17.7. The van der Waals surface area contributed by atoms with Crippen molar-refractivity contribution in [2.75, 3.05) is 5.32 Å². The molecular formula is C20H20N2O4. The van der Waals surface area contributed by atoms with E-state index in [2.05, 4.69) is 10.3 Å². The van der Waals surface area contributed by atoms with Crippen molar-refractivity contribution in [3.63, 3.8) is 0 Å². The zero-order chi connectivity index (χ0) is 18.7. The van der Waals surface area contributed by atoms with Crippen LogP contribution in [0.1, 0.15) is 34.8 Å². The van der Waals surface area contributed by atoms with E-state index in [1.54, 1.807) is 25.1 Å². The van der Waals surface area contributed by atoms with E-state index >= 15 is 0 Å². The summed E-state index contributed by atoms with van der Waals surface area (Å²) in [6, 6.07) is 10.5. The van der Waals surface area contributed by atoms with E-state index < -0.39 is 12.1 Å². The Bertz CT molecular complexity index is 961. The summed E-state index contributed by atoms with van der Waals surface area (Å²) in [5.41, 5.74) is 4.37. The Labute approximate surface area is 151 Å². The van der Waals surface area contributed by atoms with Gasteiger partial charge in [0.1, 0.15) is 5.52 Å². The summed E-state index contributed by atoms with van der Waals surface area (Å²) < 4.78 is 10.5. The molecule has 0 aliphatic heterocycles. The summed E-state index contributed by atoms with van der Waals surface area (Å²) >= 11 is 0. The highest BCUT2D eigenvalue weighted by molar-refractivity contribution is 5.98. The van der Waals surface area contributed by atoms with Crippen LogP contribution in [0.3, 0.4) is 0 Å². The van der Waals surface area contributed by atoms with Gasteiger partial charge in [0, 0.05) is 5.69 Å². The Hall–Kier alpha value is -3.15. The number of ether oxygens (including phenoxy) is 1. The number of hydrogen-bond donors (Lipinski definition) is 1. The normalized spacial score (nSPS) is 12.0. The van der Waals surface area contributed by atoms with Crippen LogP contribution in [0.5, 0.6) is 0 Å². The summed E-state index contributed by atoms with van der Waals surface area (Å²) in [6.07, 6.45) is 0.803. The molecule has 0 saturated carbocycles. The van der Waals surface area contributed by atoms with Crippen LogP contribution in [0.4, 0.5) is 5.69 Å². The molecule has 26 heavy (non-hydrogen) atoms. The summed E-state index contributed by atoms with van der Waals surface area (Å²) in [4.78, 5) is 28.9. The largest absolute Gasteiger partial charge is 0.449 e. The molecule has 6 nitrogen and oxygen atoms in total. The molecule has 0 radical (unpaired) electrons. The van der Waals surface area contributed by atoms with Gasteiger partial charge in [0.25, 0.3) is 5.91 Å². The van der Waals surface area contributed by atoms with E-state index in [4.69, 9.17) is 9.15 Å². The number of esters is 1. The van der Waals surface area contributed by atoms with Gasteiger partial charge in [-0.15, -0.1) is 0 Å². The lowest BCUT2D eigenvalue weighted by molar-refractivity contribution is -0.124. The third kappa shape index (κ3) is 3.74. The van der Waals surface area contributed by atoms with Gasteiger partial charge in [-0.3, -0.25) is 4.79 Å². The minimum Gasteiger partial charge on any atom is -0.449 e. The Morgan fingerprint density at radius 2 is 1.96 bits per heavy atom. The minimum atomic E-state index is -0.878. The average Bonchev–Trinajstić information content (AvgIpc) is 3.10. The van der Waals surface area contributed by atoms with Crippen LogP contribution in [0.2, 0.25) is 0 Å². The van der Waals surface area contributed by atoms with E-state index in [-0.39, 0.29) is 5.91 Å². The lowest BCUT2D eigenvalue weighted by Gasteiger charge is -2.16. The van der Waals surface area contributed by atoms with Crippen molar-refractivity contribution in [2.24, 2.45) is 0 Å². The molecule has 1 aromatic heterocycles. The molecule has 3 aromatic rings. The van der Waals surface area contributed by atoms with Crippen LogP contribution < -0.4 is 5.32 Å². The second-order valence-corrected chi connectivity index (χ2v) is 6.13. The Kier molecular flexibility index (Phi) is 5.02. The molecule has 0 spiro atoms. The van der Waals surface area contributed by atoms with Gasteiger partial charge in [0.15, 0.2) is 18.1 Å². The van der Waals surface area contributed by atoms with Gasteiger partial charge in [0.05, 0.1) is 5.56 Å². The molecule has 0 aliphatic carbocycles. The van der Waals surface area contributed by atoms with Crippen LogP contribution >= 0.6 is 0 Å². The van der Waals surface area contributed by atoms with Crippen molar-refractivity contribution in [1.29, 1.82) is 0 Å². The molecule has 1 unspecified atom stereocenters. The first-order valence-corrected chi connectivity index (χ1v) is 8.40. The molecule has 1 atom stereocenters. The van der Waals surface area contributed by atoms with Crippen LogP contribution in [0.15, 0.2) is 47.2 Å². The monoisotopic (exact) mass is 352 g/mol. The third-order valence-corrected chi connectivity index (χ3v) is 4.25. The molecule has 0 aliphatic rings. The first-order valence-electron chi connectivity index (χ1n) is 8.40. The summed E-state index contributed by atoms with van der Waals surface area (Å²) in [7, 11) is 0. The molecule has 0 fully saturated rings. The van der Waals surface area contributed by atoms with Gasteiger partial charge < -0.3 is 14.5 Å². The molecule has 0 saturated heterocycles. The van der Waals surface area contributed by atoms with Crippen molar-refractivity contribution < 1.29 is 18.7 Å². The maximum Gasteiger partial charge on any atom is 0.338 e. The summed E-state index contributed by atoms with van der Waals surface area (Å²) in [5, 5.41) is 2.80. The zero-order valence-electron chi connectivity index (χ0n) is 14.9. The number of carbonyl (C=O) groups excluding carboxylic acids is 2. The van der Waals surface area contributed by atoms with Crippen LogP contribution in [0.25, 0.3) is 11.1 Å². The number of aryl methyl sites for hydroxylation is 2. The Morgan fingerprint density at radius 3 is 2.69 bits per heavy atom. The van der Waals surface area contributed by atoms with Crippen molar-refractivity contribution in [1.82, 2.24) is 4.98 Å². The molecule has 2 aromatic carbocycles. The predicted molar refractivity (Wildman–Crippen MR) is 98.0 cm³/mol. The van der Waals surface area contributed by atoms with Gasteiger partial charge in [-0.25, -0.2) is 9.78 Å². The van der Waals surface area contributed by atoms with Gasteiger partial charge in [0.2, 0.25) is 0 Å². The molecule has 0 bridgehead atoms. The zero-order valence-corrected chi connectivity index (χ0v) is 14.9. The smallest absolute Gasteiger partial charge is 0.338 e. The topological polar surface area (TPSA) is 81.4 Å². The van der Waals surface area contributed by atoms with Gasteiger partial charge in [-0.2, -0.15) is 0 Å². The lowest BCUT2D eigenvalue weighted by atomic mass is 10.1. The SMILES string of the molecule is CCC(OC(=O)c1ccc2ocnc2c1)C(=O)Nc1ccc(C)c(C)c1. The minimum absolute atomic E-state index is 0.323. The van der Waals surface area contributed by atoms with E-state index in [0.717, 1.165) is 11.1 Å². The number of benzene rings is 2. The summed E-state index contributed by atoms with van der Waals surface area (Å²) in [5.74, 6) is -0.927. The number of rotatable bonds is 5. The number of amides is 1. The molecule has 6 heteroatoms. The molecule has 1 N–H and O–H groups in total. The quantitative estimate of drug-likeness (QED) is 0.702. The molecular weight excluding hydrogens is 332 g/mol. The Balaban J connectivity index is 1.70. The number of anilines is 1. The van der Waals surface area contributed by atoms with E-state index in [1.807, 2.05) is 32.0 Å². The maximum atomic E-state index is 12.5. The van der Waals surface area contributed by atoms with Crippen LogP contribution in [-0.2, 0) is 9.53 Å². The van der Waals surface area contributed by atoms with Crippen LogP contribution in [0, 0.1) is 13.8 Å². The highest BCUT2D eigenvalue weighted by atomic mass is 16.5. The van der Waals surface area contributed by atoms with Gasteiger partial charge in [-0.1, -0.05) is 13.0 Å². The average molecular weight is 352 g/mol. The molecule has 3 rings (SSSR count). The van der Waals surface area contributed by atoms with Gasteiger partial charge >= 0.3 is 5.97 Å². The van der Waals surface area contributed by atoms with Gasteiger partial charge in [-0.05, 0) is 61.7 Å². The molecule has 1 amide bonds. The van der Waals surface area contributed by atoms with E-state index in [0.29, 0.717) is 28.8 Å². The first-order chi connectivity index (χ1) is 12.5. The fourth-order valence-corrected chi connectivity index (χ4v) is 2.55. The Morgan fingerprint density at radius 1 is 1.15 bits per heavy atom. The van der Waals surface area contributed by atoms with Crippen molar-refractivity contribution in [2.45, 2.75) is 33.3 Å². The lowest BCUT2D eigenvalue weighted by Crippen LogP contribution is -2.32. The van der Waals surface area contributed by atoms with Crippen LogP contribution in [-0.4, -0.2) is 23.0 Å².